The number of nitrogens with two attached hydrogens (primary N) is 1. The molecule has 2 aromatic carbocycles. The minimum Gasteiger partial charge on any atom is -0.369 e. The molecule has 3 N–H and O–H groups in total. The smallest absolute Gasteiger partial charge is 0.369 e. The summed E-state index contributed by atoms with van der Waals surface area (Å²) in [6.45, 7) is 0. The quantitative estimate of drug-likeness (QED) is 0.404. The third kappa shape index (κ3) is 5.00. The van der Waals surface area contributed by atoms with Gasteiger partial charge in [0, 0.05) is 5.56 Å². The molecule has 0 fully saturated rings. The van der Waals surface area contributed by atoms with Crippen LogP contribution in [0.2, 0.25) is 0 Å². The molecule has 35 heavy (non-hydrogen) atoms. The number of nitrogens with one attached hydrogen (secondary N) is 1. The predicted molar refractivity (Wildman–Crippen MR) is 117 cm³/mol. The van der Waals surface area contributed by atoms with E-state index in [0.29, 0.717) is 22.0 Å². The molecule has 0 aliphatic heterocycles. The van der Waals surface area contributed by atoms with Crippen LogP contribution in [-0.2, 0) is 17.4 Å². The van der Waals surface area contributed by atoms with Crippen molar-refractivity contribution in [2.45, 2.75) is 12.6 Å². The van der Waals surface area contributed by atoms with Gasteiger partial charge in [0.25, 0.3) is 5.91 Å². The van der Waals surface area contributed by atoms with Crippen LogP contribution in [0.25, 0.3) is 16.9 Å². The van der Waals surface area contributed by atoms with Crippen molar-refractivity contribution in [1.82, 2.24) is 20.0 Å². The molecule has 0 saturated heterocycles. The molecule has 4 aromatic rings. The lowest BCUT2D eigenvalue weighted by Crippen LogP contribution is -2.20. The third-order valence-electron chi connectivity index (χ3n) is 4.96. The first-order chi connectivity index (χ1) is 16.6. The number of hydrogen-bond acceptors (Lipinski definition) is 5. The van der Waals surface area contributed by atoms with E-state index in [9.17, 15) is 22.8 Å². The van der Waals surface area contributed by atoms with Gasteiger partial charge in [0.05, 0.1) is 36.3 Å². The third-order valence-corrected chi connectivity index (χ3v) is 4.96. The van der Waals surface area contributed by atoms with Crippen LogP contribution in [0, 0.1) is 5.82 Å². The Kier molecular flexibility index (Phi) is 6.28. The van der Waals surface area contributed by atoms with Crippen molar-refractivity contribution in [3.8, 4) is 16.9 Å². The number of amides is 2. The van der Waals surface area contributed by atoms with Gasteiger partial charge >= 0.3 is 6.18 Å². The molecule has 2 heterocycles. The molecule has 2 amide bonds. The first-order valence-electron chi connectivity index (χ1n) is 10.1. The molecule has 0 aliphatic carbocycles. The highest BCUT2D eigenvalue weighted by Gasteiger charge is 2.36. The fourth-order valence-corrected chi connectivity index (χ4v) is 3.45. The normalized spacial score (nSPS) is 11.3. The van der Waals surface area contributed by atoms with Crippen LogP contribution in [0.4, 0.5) is 23.2 Å². The summed E-state index contributed by atoms with van der Waals surface area (Å²) in [5.41, 5.74) is 4.09. The van der Waals surface area contributed by atoms with E-state index in [1.54, 1.807) is 30.3 Å². The Labute approximate surface area is 195 Å². The number of nitrogens with zero attached hydrogens (tertiary/aromatic N) is 4. The van der Waals surface area contributed by atoms with Gasteiger partial charge in [0.2, 0.25) is 5.91 Å². The van der Waals surface area contributed by atoms with Crippen LogP contribution in [0.15, 0.2) is 67.1 Å². The fraction of sp³-hybridized carbons (Fsp3) is 0.0870. The van der Waals surface area contributed by atoms with Crippen LogP contribution < -0.4 is 11.1 Å². The number of alkyl halides is 3. The number of anilines is 1. The zero-order chi connectivity index (χ0) is 25.2. The molecule has 8 nitrogen and oxygen atoms in total. The summed E-state index contributed by atoms with van der Waals surface area (Å²) in [7, 11) is 0. The van der Waals surface area contributed by atoms with Crippen LogP contribution in [0.5, 0.6) is 0 Å². The molecular formula is C23H16F4N6O2. The average Bonchev–Trinajstić information content (AvgIpc) is 3.35. The van der Waals surface area contributed by atoms with Crippen molar-refractivity contribution in [3.63, 3.8) is 0 Å². The molecule has 0 saturated carbocycles. The summed E-state index contributed by atoms with van der Waals surface area (Å²) in [5.74, 6) is -3.46. The van der Waals surface area contributed by atoms with Gasteiger partial charge < -0.3 is 11.1 Å². The van der Waals surface area contributed by atoms with Gasteiger partial charge in [-0.3, -0.25) is 9.59 Å². The van der Waals surface area contributed by atoms with E-state index in [1.807, 2.05) is 0 Å². The second kappa shape index (κ2) is 9.33. The predicted octanol–water partition coefficient (Wildman–Crippen LogP) is 3.77. The molecule has 0 atom stereocenters. The molecule has 2 aromatic heterocycles. The highest BCUT2D eigenvalue weighted by molar-refractivity contribution is 6.05. The number of rotatable bonds is 6. The number of hydrogen-bond donors (Lipinski definition) is 2. The fourth-order valence-electron chi connectivity index (χ4n) is 3.45. The largest absolute Gasteiger partial charge is 0.420 e. The van der Waals surface area contributed by atoms with Crippen molar-refractivity contribution < 1.29 is 27.2 Å². The maximum absolute atomic E-state index is 15.4. The summed E-state index contributed by atoms with van der Waals surface area (Å²) >= 11 is 0. The van der Waals surface area contributed by atoms with Crippen LogP contribution in [0.3, 0.4) is 0 Å². The van der Waals surface area contributed by atoms with Gasteiger partial charge in [0.15, 0.2) is 5.82 Å². The van der Waals surface area contributed by atoms with E-state index in [4.69, 9.17) is 5.73 Å². The number of aromatic nitrogens is 4. The Morgan fingerprint density at radius 1 is 1.03 bits per heavy atom. The molecule has 0 bridgehead atoms. The van der Waals surface area contributed by atoms with Gasteiger partial charge in [-0.15, -0.1) is 4.80 Å². The minimum absolute atomic E-state index is 0.106. The summed E-state index contributed by atoms with van der Waals surface area (Å²) in [4.78, 5) is 28.8. The first kappa shape index (κ1) is 23.5. The van der Waals surface area contributed by atoms with Crippen LogP contribution >= 0.6 is 0 Å². The van der Waals surface area contributed by atoms with Crippen molar-refractivity contribution in [1.29, 1.82) is 0 Å². The van der Waals surface area contributed by atoms with E-state index >= 15 is 4.39 Å². The lowest BCUT2D eigenvalue weighted by Gasteiger charge is -2.15. The summed E-state index contributed by atoms with van der Waals surface area (Å²) in [5, 5.41) is 9.51. The van der Waals surface area contributed by atoms with E-state index in [2.05, 4.69) is 20.5 Å². The molecule has 0 aliphatic rings. The van der Waals surface area contributed by atoms with Gasteiger partial charge in [-0.2, -0.15) is 23.4 Å². The molecule has 178 valence electrons. The zero-order valence-electron chi connectivity index (χ0n) is 17.8. The number of pyridine rings is 1. The molecule has 0 radical (unpaired) electrons. The Bertz CT molecular complexity index is 1390. The standard InChI is InChI=1S/C23H16F4N6O2/c24-20-16(7-6-15(17(20)11-19(28)34)13-4-2-1-3-5-13)22(35)32-14-10-18(23(25,26)27)21(29-12-14)33-30-8-9-31-33/h1-10,12H,11H2,(H2,28,34)(H,32,35). The van der Waals surface area contributed by atoms with E-state index in [-0.39, 0.29) is 11.3 Å². The Balaban J connectivity index is 1.70. The number of primary amides is 1. The lowest BCUT2D eigenvalue weighted by molar-refractivity contribution is -0.137. The number of carbonyl (C=O) groups excluding carboxylic acids is 2. The van der Waals surface area contributed by atoms with Gasteiger partial charge in [0.1, 0.15) is 11.4 Å². The minimum atomic E-state index is -4.84. The summed E-state index contributed by atoms with van der Waals surface area (Å²) < 4.78 is 56.2. The zero-order valence-corrected chi connectivity index (χ0v) is 17.8. The van der Waals surface area contributed by atoms with E-state index < -0.39 is 47.2 Å². The number of halogens is 4. The highest BCUT2D eigenvalue weighted by atomic mass is 19.4. The molecule has 4 rings (SSSR count). The Morgan fingerprint density at radius 2 is 1.71 bits per heavy atom. The SMILES string of the molecule is NC(=O)Cc1c(-c2ccccc2)ccc(C(=O)Nc2cnc(-n3nccn3)c(C(F)(F)F)c2)c1F. The Morgan fingerprint density at radius 3 is 2.34 bits per heavy atom. The van der Waals surface area contributed by atoms with Gasteiger partial charge in [-0.25, -0.2) is 9.37 Å². The molecule has 12 heteroatoms. The monoisotopic (exact) mass is 484 g/mol. The van der Waals surface area contributed by atoms with Crippen LogP contribution in [0.1, 0.15) is 21.5 Å². The maximum atomic E-state index is 15.4. The molecule has 0 unspecified atom stereocenters. The van der Waals surface area contributed by atoms with Crippen LogP contribution in [-0.4, -0.2) is 31.8 Å². The van der Waals surface area contributed by atoms with Gasteiger partial charge in [-0.05, 0) is 23.3 Å². The maximum Gasteiger partial charge on any atom is 0.420 e. The number of carbonyl (C=O) groups is 2. The van der Waals surface area contributed by atoms with E-state index in [0.717, 1.165) is 6.20 Å². The second-order valence-electron chi connectivity index (χ2n) is 7.33. The Hall–Kier alpha value is -4.61. The molecule has 0 spiro atoms. The summed E-state index contributed by atoms with van der Waals surface area (Å²) in [6.07, 6.45) is -1.99. The van der Waals surface area contributed by atoms with Crippen molar-refractivity contribution in [3.05, 3.63) is 89.6 Å². The van der Waals surface area contributed by atoms with Crippen molar-refractivity contribution in [2.24, 2.45) is 5.73 Å². The van der Waals surface area contributed by atoms with E-state index in [1.165, 1.54) is 24.5 Å². The van der Waals surface area contributed by atoms with Crippen molar-refractivity contribution in [2.75, 3.05) is 5.32 Å². The van der Waals surface area contributed by atoms with Gasteiger partial charge in [-0.1, -0.05) is 36.4 Å². The highest BCUT2D eigenvalue weighted by Crippen LogP contribution is 2.34. The first-order valence-corrected chi connectivity index (χ1v) is 10.1. The lowest BCUT2D eigenvalue weighted by atomic mass is 9.94. The summed E-state index contributed by atoms with van der Waals surface area (Å²) in [6, 6.07) is 11.8. The van der Waals surface area contributed by atoms with Crippen molar-refractivity contribution >= 4 is 17.5 Å². The topological polar surface area (TPSA) is 116 Å². The second-order valence-corrected chi connectivity index (χ2v) is 7.33. The average molecular weight is 484 g/mol. The number of benzene rings is 2. The molecular weight excluding hydrogens is 468 g/mol.